The van der Waals surface area contributed by atoms with E-state index in [1.807, 2.05) is 0 Å². The number of hydrogen-bond acceptors (Lipinski definition) is 2. The minimum Gasteiger partial charge on any atom is -0.465 e. The van der Waals surface area contributed by atoms with Crippen LogP contribution in [-0.2, 0) is 4.74 Å². The zero-order valence-corrected chi connectivity index (χ0v) is 9.32. The van der Waals surface area contributed by atoms with Crippen molar-refractivity contribution in [3.05, 3.63) is 33.9 Å². The van der Waals surface area contributed by atoms with Crippen molar-refractivity contribution in [2.24, 2.45) is 0 Å². The molecule has 0 atom stereocenters. The van der Waals surface area contributed by atoms with Gasteiger partial charge in [-0.3, -0.25) is 0 Å². The molecule has 15 heavy (non-hydrogen) atoms. The van der Waals surface area contributed by atoms with E-state index < -0.39 is 5.97 Å². The molecule has 0 aliphatic rings. The first-order valence-corrected chi connectivity index (χ1v) is 4.94. The molecule has 0 fully saturated rings. The number of benzene rings is 1. The molecule has 1 aromatic carbocycles. The second kappa shape index (κ2) is 3.76. The van der Waals surface area contributed by atoms with E-state index in [9.17, 15) is 4.79 Å². The van der Waals surface area contributed by atoms with E-state index in [1.165, 1.54) is 7.11 Å². The van der Waals surface area contributed by atoms with E-state index in [-0.39, 0.29) is 0 Å². The Morgan fingerprint density at radius 2 is 2.13 bits per heavy atom. The highest BCUT2D eigenvalue weighted by atomic mass is 35.5. The van der Waals surface area contributed by atoms with Crippen molar-refractivity contribution in [1.29, 1.82) is 0 Å². The predicted octanol–water partition coefficient (Wildman–Crippen LogP) is 3.26. The van der Waals surface area contributed by atoms with Crippen LogP contribution >= 0.6 is 23.2 Å². The van der Waals surface area contributed by atoms with Gasteiger partial charge in [0.1, 0.15) is 5.15 Å². The summed E-state index contributed by atoms with van der Waals surface area (Å²) in [6.45, 7) is 0. The summed E-state index contributed by atoms with van der Waals surface area (Å²) in [4.78, 5) is 14.2. The van der Waals surface area contributed by atoms with Gasteiger partial charge in [-0.2, -0.15) is 0 Å². The highest BCUT2D eigenvalue weighted by molar-refractivity contribution is 6.39. The molecule has 0 spiro atoms. The molecule has 1 aromatic heterocycles. The molecular formula is C10H7Cl2NO2. The first kappa shape index (κ1) is 10.3. The van der Waals surface area contributed by atoms with Gasteiger partial charge >= 0.3 is 5.97 Å². The molecule has 0 unspecified atom stereocenters. The van der Waals surface area contributed by atoms with Gasteiger partial charge < -0.3 is 9.72 Å². The fraction of sp³-hybridized carbons (Fsp3) is 0.100. The quantitative estimate of drug-likeness (QED) is 0.782. The lowest BCUT2D eigenvalue weighted by molar-refractivity contribution is 0.0601. The molecule has 0 amide bonds. The Bertz CT molecular complexity index is 533. The molecule has 78 valence electrons. The van der Waals surface area contributed by atoms with E-state index in [2.05, 4.69) is 9.72 Å². The van der Waals surface area contributed by atoms with Gasteiger partial charge in [0.15, 0.2) is 0 Å². The van der Waals surface area contributed by atoms with Crippen LogP contribution in [0.4, 0.5) is 0 Å². The van der Waals surface area contributed by atoms with Crippen LogP contribution in [0.5, 0.6) is 0 Å². The first-order valence-electron chi connectivity index (χ1n) is 4.18. The lowest BCUT2D eigenvalue weighted by Gasteiger charge is -2.02. The molecule has 0 aliphatic heterocycles. The van der Waals surface area contributed by atoms with E-state index in [1.54, 1.807) is 18.2 Å². The first-order chi connectivity index (χ1) is 7.13. The van der Waals surface area contributed by atoms with E-state index in [0.717, 1.165) is 5.39 Å². The zero-order valence-electron chi connectivity index (χ0n) is 7.80. The molecule has 5 heteroatoms. The lowest BCUT2D eigenvalue weighted by atomic mass is 10.1. The number of ether oxygens (including phenoxy) is 1. The second-order valence-corrected chi connectivity index (χ2v) is 3.79. The number of carbonyl (C=O) groups is 1. The number of carbonyl (C=O) groups excluding carboxylic acids is 1. The van der Waals surface area contributed by atoms with Crippen LogP contribution in [0.2, 0.25) is 10.2 Å². The van der Waals surface area contributed by atoms with Gasteiger partial charge in [0.25, 0.3) is 0 Å². The minimum atomic E-state index is -0.465. The molecule has 2 aromatic rings. The average molecular weight is 244 g/mol. The Morgan fingerprint density at radius 3 is 2.80 bits per heavy atom. The summed E-state index contributed by atoms with van der Waals surface area (Å²) >= 11 is 11.8. The number of fused-ring (bicyclic) bond motifs is 1. The number of H-pyrrole nitrogens is 1. The van der Waals surface area contributed by atoms with Crippen molar-refractivity contribution in [2.75, 3.05) is 7.11 Å². The van der Waals surface area contributed by atoms with Crippen LogP contribution in [-0.4, -0.2) is 18.1 Å². The number of esters is 1. The van der Waals surface area contributed by atoms with Crippen LogP contribution in [0.15, 0.2) is 18.2 Å². The third-order valence-corrected chi connectivity index (χ3v) is 2.70. The van der Waals surface area contributed by atoms with Crippen molar-refractivity contribution in [2.45, 2.75) is 0 Å². The van der Waals surface area contributed by atoms with Gasteiger partial charge in [0.05, 0.1) is 23.2 Å². The third-order valence-electron chi connectivity index (χ3n) is 2.11. The Balaban J connectivity index is 2.69. The zero-order chi connectivity index (χ0) is 11.0. The topological polar surface area (TPSA) is 42.1 Å². The van der Waals surface area contributed by atoms with Gasteiger partial charge in [-0.25, -0.2) is 4.79 Å². The smallest absolute Gasteiger partial charge is 0.339 e. The van der Waals surface area contributed by atoms with E-state index in [0.29, 0.717) is 21.3 Å². The summed E-state index contributed by atoms with van der Waals surface area (Å²) in [7, 11) is 1.31. The van der Waals surface area contributed by atoms with Crippen LogP contribution in [0, 0.1) is 0 Å². The molecule has 3 nitrogen and oxygen atoms in total. The van der Waals surface area contributed by atoms with Gasteiger partial charge in [0, 0.05) is 5.39 Å². The third kappa shape index (κ3) is 1.68. The van der Waals surface area contributed by atoms with Gasteiger partial charge in [-0.05, 0) is 12.1 Å². The largest absolute Gasteiger partial charge is 0.465 e. The normalized spacial score (nSPS) is 10.6. The van der Waals surface area contributed by atoms with E-state index >= 15 is 0 Å². The molecule has 0 radical (unpaired) electrons. The molecule has 0 saturated heterocycles. The van der Waals surface area contributed by atoms with Gasteiger partial charge in [-0.1, -0.05) is 29.3 Å². The number of rotatable bonds is 1. The number of methoxy groups -OCH3 is 1. The van der Waals surface area contributed by atoms with Crippen LogP contribution < -0.4 is 0 Å². The van der Waals surface area contributed by atoms with Crippen LogP contribution in [0.1, 0.15) is 10.4 Å². The molecular weight excluding hydrogens is 237 g/mol. The van der Waals surface area contributed by atoms with Crippen LogP contribution in [0.25, 0.3) is 10.9 Å². The predicted molar refractivity (Wildman–Crippen MR) is 59.7 cm³/mol. The van der Waals surface area contributed by atoms with Crippen LogP contribution in [0.3, 0.4) is 0 Å². The summed E-state index contributed by atoms with van der Waals surface area (Å²) < 4.78 is 4.60. The maximum Gasteiger partial charge on any atom is 0.339 e. The average Bonchev–Trinajstić information content (AvgIpc) is 2.59. The number of aromatic amines is 1. The monoisotopic (exact) mass is 243 g/mol. The number of halogens is 2. The highest BCUT2D eigenvalue weighted by Crippen LogP contribution is 2.29. The Kier molecular flexibility index (Phi) is 2.59. The summed E-state index contributed by atoms with van der Waals surface area (Å²) in [5.41, 5.74) is 0.967. The molecule has 1 heterocycles. The summed E-state index contributed by atoms with van der Waals surface area (Å²) in [5, 5.41) is 1.66. The molecule has 0 bridgehead atoms. The summed E-state index contributed by atoms with van der Waals surface area (Å²) in [5.74, 6) is -0.465. The van der Waals surface area contributed by atoms with Crippen molar-refractivity contribution >= 4 is 40.1 Å². The lowest BCUT2D eigenvalue weighted by Crippen LogP contribution is -2.01. The number of nitrogens with one attached hydrogen (secondary N) is 1. The maximum absolute atomic E-state index is 11.3. The fourth-order valence-electron chi connectivity index (χ4n) is 1.40. The highest BCUT2D eigenvalue weighted by Gasteiger charge is 2.14. The Labute approximate surface area is 95.9 Å². The molecule has 0 aliphatic carbocycles. The molecule has 1 N–H and O–H groups in total. The van der Waals surface area contributed by atoms with Crippen molar-refractivity contribution in [3.8, 4) is 0 Å². The second-order valence-electron chi connectivity index (χ2n) is 3.00. The van der Waals surface area contributed by atoms with E-state index in [4.69, 9.17) is 23.2 Å². The summed E-state index contributed by atoms with van der Waals surface area (Å²) in [6, 6.07) is 5.11. The molecule has 2 rings (SSSR count). The maximum atomic E-state index is 11.3. The van der Waals surface area contributed by atoms with Crippen molar-refractivity contribution in [1.82, 2.24) is 4.98 Å². The summed E-state index contributed by atoms with van der Waals surface area (Å²) in [6.07, 6.45) is 0. The number of aromatic nitrogens is 1. The standard InChI is InChI=1S/C10H7Cl2NO2/c1-15-10(14)6-3-2-5-4-7(11)13-9(5)8(6)12/h2-4,13H,1H3. The SMILES string of the molecule is COC(=O)c1ccc2cc(Cl)[nH]c2c1Cl. The minimum absolute atomic E-state index is 0.324. The van der Waals surface area contributed by atoms with Gasteiger partial charge in [0.2, 0.25) is 0 Å². The van der Waals surface area contributed by atoms with Gasteiger partial charge in [-0.15, -0.1) is 0 Å². The Morgan fingerprint density at radius 1 is 1.40 bits per heavy atom. The molecule has 0 saturated carbocycles. The van der Waals surface area contributed by atoms with Crippen molar-refractivity contribution in [3.63, 3.8) is 0 Å². The Hall–Kier alpha value is -1.19. The fourth-order valence-corrected chi connectivity index (χ4v) is 1.91. The number of hydrogen-bond donors (Lipinski definition) is 1. The van der Waals surface area contributed by atoms with Crippen molar-refractivity contribution < 1.29 is 9.53 Å².